The third-order valence-corrected chi connectivity index (χ3v) is 3.11. The minimum atomic E-state index is -0.216. The minimum Gasteiger partial charge on any atom is -0.378 e. The van der Waals surface area contributed by atoms with Crippen molar-refractivity contribution in [1.82, 2.24) is 5.32 Å². The molecular formula is C14H19NO3. The highest BCUT2D eigenvalue weighted by molar-refractivity contribution is 5.57. The molecule has 98 valence electrons. The van der Waals surface area contributed by atoms with Crippen molar-refractivity contribution in [2.24, 2.45) is 0 Å². The summed E-state index contributed by atoms with van der Waals surface area (Å²) in [7, 11) is 0. The van der Waals surface area contributed by atoms with Crippen molar-refractivity contribution < 1.29 is 14.3 Å². The van der Waals surface area contributed by atoms with Crippen molar-refractivity contribution in [2.45, 2.75) is 31.7 Å². The fraction of sp³-hybridized carbons (Fsp3) is 0.500. The monoisotopic (exact) mass is 249 g/mol. The summed E-state index contributed by atoms with van der Waals surface area (Å²) in [5.74, 6) is 0. The zero-order valence-electron chi connectivity index (χ0n) is 10.5. The SMILES string of the molecule is C[C@@H](OCc1ccccc1)[C@H]1COCC(C=O)N1. The average molecular weight is 249 g/mol. The van der Waals surface area contributed by atoms with Crippen LogP contribution >= 0.6 is 0 Å². The summed E-state index contributed by atoms with van der Waals surface area (Å²) < 4.78 is 11.2. The quantitative estimate of drug-likeness (QED) is 0.795. The highest BCUT2D eigenvalue weighted by Crippen LogP contribution is 2.09. The van der Waals surface area contributed by atoms with Gasteiger partial charge < -0.3 is 14.3 Å². The van der Waals surface area contributed by atoms with E-state index in [1.54, 1.807) is 0 Å². The molecule has 18 heavy (non-hydrogen) atoms. The Morgan fingerprint density at radius 3 is 2.94 bits per heavy atom. The molecule has 1 fully saturated rings. The molecule has 0 radical (unpaired) electrons. The first kappa shape index (κ1) is 13.2. The molecule has 0 bridgehead atoms. The first-order chi connectivity index (χ1) is 8.79. The molecule has 1 unspecified atom stereocenters. The van der Waals surface area contributed by atoms with Crippen LogP contribution in [0.4, 0.5) is 0 Å². The first-order valence-electron chi connectivity index (χ1n) is 6.24. The number of aldehydes is 1. The zero-order chi connectivity index (χ0) is 12.8. The Hall–Kier alpha value is -1.23. The van der Waals surface area contributed by atoms with Gasteiger partial charge in [-0.2, -0.15) is 0 Å². The molecule has 1 aliphatic heterocycles. The number of rotatable bonds is 5. The summed E-state index contributed by atoms with van der Waals surface area (Å²) >= 11 is 0. The Kier molecular flexibility index (Phi) is 4.87. The lowest BCUT2D eigenvalue weighted by Crippen LogP contribution is -2.54. The van der Waals surface area contributed by atoms with Crippen LogP contribution in [0.2, 0.25) is 0 Å². The lowest BCUT2D eigenvalue weighted by Gasteiger charge is -2.32. The van der Waals surface area contributed by atoms with Gasteiger partial charge in [0.1, 0.15) is 6.29 Å². The molecule has 1 saturated heterocycles. The van der Waals surface area contributed by atoms with Gasteiger partial charge in [0.2, 0.25) is 0 Å². The van der Waals surface area contributed by atoms with E-state index < -0.39 is 0 Å². The topological polar surface area (TPSA) is 47.6 Å². The molecule has 1 aromatic rings. The zero-order valence-corrected chi connectivity index (χ0v) is 10.5. The van der Waals surface area contributed by atoms with Crippen molar-refractivity contribution in [3.05, 3.63) is 35.9 Å². The summed E-state index contributed by atoms with van der Waals surface area (Å²) in [4.78, 5) is 10.7. The number of morpholine rings is 1. The summed E-state index contributed by atoms with van der Waals surface area (Å²) in [5, 5.41) is 3.22. The van der Waals surface area contributed by atoms with E-state index in [9.17, 15) is 4.79 Å². The number of carbonyl (C=O) groups excluding carboxylic acids is 1. The fourth-order valence-corrected chi connectivity index (χ4v) is 1.96. The standard InChI is InChI=1S/C14H19NO3/c1-11(14-10-17-9-13(7-16)15-14)18-8-12-5-3-2-4-6-12/h2-7,11,13-15H,8-10H2,1H3/t11-,13?,14-/m1/s1. The van der Waals surface area contributed by atoms with Crippen molar-refractivity contribution in [3.8, 4) is 0 Å². The van der Waals surface area contributed by atoms with Crippen molar-refractivity contribution >= 4 is 6.29 Å². The smallest absolute Gasteiger partial charge is 0.139 e. The molecule has 1 aromatic carbocycles. The van der Waals surface area contributed by atoms with E-state index in [0.29, 0.717) is 19.8 Å². The Morgan fingerprint density at radius 1 is 1.44 bits per heavy atom. The fourth-order valence-electron chi connectivity index (χ4n) is 1.96. The maximum Gasteiger partial charge on any atom is 0.139 e. The van der Waals surface area contributed by atoms with E-state index in [4.69, 9.17) is 9.47 Å². The molecule has 0 saturated carbocycles. The Bertz CT molecular complexity index is 369. The highest BCUT2D eigenvalue weighted by atomic mass is 16.5. The van der Waals surface area contributed by atoms with Gasteiger partial charge in [-0.25, -0.2) is 0 Å². The molecule has 3 atom stereocenters. The number of hydrogen-bond donors (Lipinski definition) is 1. The highest BCUT2D eigenvalue weighted by Gasteiger charge is 2.26. The number of ether oxygens (including phenoxy) is 2. The minimum absolute atomic E-state index is 0.00737. The Morgan fingerprint density at radius 2 is 2.22 bits per heavy atom. The molecule has 1 N–H and O–H groups in total. The molecular weight excluding hydrogens is 230 g/mol. The van der Waals surface area contributed by atoms with Gasteiger partial charge in [0.25, 0.3) is 0 Å². The molecule has 0 aliphatic carbocycles. The number of benzene rings is 1. The number of carbonyl (C=O) groups is 1. The van der Waals surface area contributed by atoms with Crippen molar-refractivity contribution in [2.75, 3.05) is 13.2 Å². The normalized spacial score (nSPS) is 25.6. The van der Waals surface area contributed by atoms with E-state index >= 15 is 0 Å². The lowest BCUT2D eigenvalue weighted by molar-refractivity contribution is -0.114. The van der Waals surface area contributed by atoms with Crippen molar-refractivity contribution in [1.29, 1.82) is 0 Å². The van der Waals surface area contributed by atoms with Crippen LogP contribution in [-0.2, 0) is 20.9 Å². The van der Waals surface area contributed by atoms with E-state index in [2.05, 4.69) is 5.32 Å². The third-order valence-electron chi connectivity index (χ3n) is 3.11. The summed E-state index contributed by atoms with van der Waals surface area (Å²) in [6, 6.07) is 9.89. The van der Waals surface area contributed by atoms with E-state index in [1.807, 2.05) is 37.3 Å². The predicted molar refractivity (Wildman–Crippen MR) is 68.3 cm³/mol. The summed E-state index contributed by atoms with van der Waals surface area (Å²) in [5.41, 5.74) is 1.15. The van der Waals surface area contributed by atoms with Gasteiger partial charge in [-0.15, -0.1) is 0 Å². The summed E-state index contributed by atoms with van der Waals surface area (Å²) in [6.45, 7) is 3.61. The van der Waals surface area contributed by atoms with E-state index in [-0.39, 0.29) is 18.2 Å². The van der Waals surface area contributed by atoms with Gasteiger partial charge in [-0.1, -0.05) is 30.3 Å². The van der Waals surface area contributed by atoms with Gasteiger partial charge in [-0.3, -0.25) is 5.32 Å². The molecule has 4 heteroatoms. The molecule has 1 aliphatic rings. The molecule has 0 amide bonds. The Labute approximate surface area is 107 Å². The van der Waals surface area contributed by atoms with Crippen LogP contribution in [0.25, 0.3) is 0 Å². The molecule has 1 heterocycles. The third kappa shape index (κ3) is 3.63. The van der Waals surface area contributed by atoms with Gasteiger partial charge in [0.15, 0.2) is 0 Å². The van der Waals surface area contributed by atoms with Gasteiger partial charge in [-0.05, 0) is 12.5 Å². The van der Waals surface area contributed by atoms with Crippen molar-refractivity contribution in [3.63, 3.8) is 0 Å². The van der Waals surface area contributed by atoms with Crippen LogP contribution in [-0.4, -0.2) is 37.7 Å². The molecule has 0 spiro atoms. The van der Waals surface area contributed by atoms with Gasteiger partial charge in [0.05, 0.1) is 38.0 Å². The first-order valence-corrected chi connectivity index (χ1v) is 6.24. The molecule has 0 aromatic heterocycles. The van der Waals surface area contributed by atoms with Gasteiger partial charge in [0, 0.05) is 0 Å². The summed E-state index contributed by atoms with van der Waals surface area (Å²) in [6.07, 6.45) is 0.892. The van der Waals surface area contributed by atoms with Gasteiger partial charge >= 0.3 is 0 Å². The second-order valence-electron chi connectivity index (χ2n) is 4.55. The second-order valence-corrected chi connectivity index (χ2v) is 4.55. The maximum atomic E-state index is 10.7. The predicted octanol–water partition coefficient (Wildman–Crippen LogP) is 1.15. The molecule has 4 nitrogen and oxygen atoms in total. The largest absolute Gasteiger partial charge is 0.378 e. The maximum absolute atomic E-state index is 10.7. The molecule has 2 rings (SSSR count). The van der Waals surface area contributed by atoms with Crippen LogP contribution in [0.15, 0.2) is 30.3 Å². The van der Waals surface area contributed by atoms with Crippen LogP contribution in [0.5, 0.6) is 0 Å². The number of nitrogens with one attached hydrogen (secondary N) is 1. The number of hydrogen-bond acceptors (Lipinski definition) is 4. The second kappa shape index (κ2) is 6.64. The van der Waals surface area contributed by atoms with Crippen LogP contribution < -0.4 is 5.32 Å². The van der Waals surface area contributed by atoms with E-state index in [1.165, 1.54) is 0 Å². The average Bonchev–Trinajstić information content (AvgIpc) is 2.46. The Balaban J connectivity index is 1.80. The van der Waals surface area contributed by atoms with Crippen LogP contribution in [0.1, 0.15) is 12.5 Å². The van der Waals surface area contributed by atoms with Crippen LogP contribution in [0, 0.1) is 0 Å². The van der Waals surface area contributed by atoms with E-state index in [0.717, 1.165) is 11.8 Å². The van der Waals surface area contributed by atoms with Crippen LogP contribution in [0.3, 0.4) is 0 Å². The lowest BCUT2D eigenvalue weighted by atomic mass is 10.1.